The summed E-state index contributed by atoms with van der Waals surface area (Å²) in [5, 5.41) is 14.4. The van der Waals surface area contributed by atoms with Gasteiger partial charge in [-0.15, -0.1) is 0 Å². The van der Waals surface area contributed by atoms with Gasteiger partial charge in [-0.2, -0.15) is 5.10 Å². The SMILES string of the molecule is CN1CCC(Nc2ccc(-c3cn(C4CC(CNc5ccc6c(c5)C(=O)N(C5CCC(=O)NC5=O)C6=O)C4)nc3C3CC3)nc2)CC1. The van der Waals surface area contributed by atoms with Crippen molar-refractivity contribution in [2.75, 3.05) is 37.3 Å². The first-order chi connectivity index (χ1) is 22.8. The molecule has 5 aliphatic rings. The number of benzene rings is 1. The summed E-state index contributed by atoms with van der Waals surface area (Å²) in [6, 6.07) is 9.27. The molecule has 12 nitrogen and oxygen atoms in total. The van der Waals surface area contributed by atoms with Gasteiger partial charge >= 0.3 is 0 Å². The minimum Gasteiger partial charge on any atom is -0.385 e. The largest absolute Gasteiger partial charge is 0.385 e. The normalized spacial score (nSPS) is 25.0. The number of pyridine rings is 1. The molecule has 244 valence electrons. The molecule has 3 aromatic rings. The van der Waals surface area contributed by atoms with Crippen molar-refractivity contribution >= 4 is 35.0 Å². The van der Waals surface area contributed by atoms with Gasteiger partial charge in [0, 0.05) is 42.4 Å². The molecule has 4 amide bonds. The first-order valence-electron chi connectivity index (χ1n) is 16.9. The van der Waals surface area contributed by atoms with Crippen LogP contribution in [0.15, 0.2) is 42.7 Å². The van der Waals surface area contributed by atoms with E-state index < -0.39 is 23.8 Å². The Kier molecular flexibility index (Phi) is 7.54. The van der Waals surface area contributed by atoms with E-state index in [2.05, 4.69) is 50.9 Å². The zero-order valence-corrected chi connectivity index (χ0v) is 26.6. The Labute approximate surface area is 273 Å². The number of imide groups is 2. The van der Waals surface area contributed by atoms with Crippen LogP contribution < -0.4 is 16.0 Å². The number of fused-ring (bicyclic) bond motifs is 1. The number of hydrogen-bond acceptors (Lipinski definition) is 9. The topological polar surface area (TPSA) is 142 Å². The van der Waals surface area contributed by atoms with E-state index in [1.807, 2.05) is 6.20 Å². The smallest absolute Gasteiger partial charge is 0.262 e. The number of amides is 4. The molecule has 2 aromatic heterocycles. The lowest BCUT2D eigenvalue weighted by Gasteiger charge is -2.35. The fraction of sp³-hybridized carbons (Fsp3) is 0.486. The highest BCUT2D eigenvalue weighted by molar-refractivity contribution is 6.23. The van der Waals surface area contributed by atoms with Crippen LogP contribution in [0.3, 0.4) is 0 Å². The molecule has 2 saturated carbocycles. The van der Waals surface area contributed by atoms with Gasteiger partial charge in [-0.1, -0.05) is 0 Å². The number of nitrogens with one attached hydrogen (secondary N) is 3. The predicted molar refractivity (Wildman–Crippen MR) is 175 cm³/mol. The predicted octanol–water partition coefficient (Wildman–Crippen LogP) is 3.79. The highest BCUT2D eigenvalue weighted by Crippen LogP contribution is 2.45. The van der Waals surface area contributed by atoms with Gasteiger partial charge in [-0.3, -0.25) is 39.1 Å². The molecule has 0 bridgehead atoms. The molecule has 3 N–H and O–H groups in total. The summed E-state index contributed by atoms with van der Waals surface area (Å²) in [5.74, 6) is -1.01. The second kappa shape index (κ2) is 11.9. The molecular weight excluding hydrogens is 596 g/mol. The number of nitrogens with zero attached hydrogens (tertiary/aromatic N) is 5. The van der Waals surface area contributed by atoms with Gasteiger partial charge < -0.3 is 15.5 Å². The van der Waals surface area contributed by atoms with Gasteiger partial charge in [-0.05, 0) is 101 Å². The van der Waals surface area contributed by atoms with Crippen LogP contribution in [-0.4, -0.2) is 87.0 Å². The van der Waals surface area contributed by atoms with E-state index in [-0.39, 0.29) is 29.9 Å². The van der Waals surface area contributed by atoms with Gasteiger partial charge in [0.05, 0.1) is 40.4 Å². The van der Waals surface area contributed by atoms with Crippen LogP contribution in [-0.2, 0) is 9.59 Å². The third-order valence-electron chi connectivity index (χ3n) is 10.5. The Morgan fingerprint density at radius 2 is 1.66 bits per heavy atom. The van der Waals surface area contributed by atoms with Crippen LogP contribution in [0.2, 0.25) is 0 Å². The molecule has 1 aromatic carbocycles. The van der Waals surface area contributed by atoms with Crippen molar-refractivity contribution in [2.24, 2.45) is 5.92 Å². The molecule has 12 heteroatoms. The molecule has 1 unspecified atom stereocenters. The van der Waals surface area contributed by atoms with Crippen molar-refractivity contribution in [1.82, 2.24) is 29.9 Å². The number of carbonyl (C=O) groups is 4. The van der Waals surface area contributed by atoms with Crippen molar-refractivity contribution in [1.29, 1.82) is 0 Å². The van der Waals surface area contributed by atoms with E-state index in [1.165, 1.54) is 18.5 Å². The Balaban J connectivity index is 0.877. The third-order valence-corrected chi connectivity index (χ3v) is 10.5. The average Bonchev–Trinajstić information content (AvgIpc) is 3.76. The third kappa shape index (κ3) is 5.79. The van der Waals surface area contributed by atoms with E-state index in [9.17, 15) is 19.2 Å². The fourth-order valence-electron chi connectivity index (χ4n) is 7.40. The Morgan fingerprint density at radius 1 is 0.894 bits per heavy atom. The molecule has 1 atom stereocenters. The van der Waals surface area contributed by atoms with Crippen molar-refractivity contribution in [3.05, 3.63) is 59.5 Å². The van der Waals surface area contributed by atoms with Crippen LogP contribution in [0.4, 0.5) is 11.4 Å². The molecule has 3 aliphatic heterocycles. The summed E-state index contributed by atoms with van der Waals surface area (Å²) in [7, 11) is 2.18. The Hall–Kier alpha value is -4.58. The van der Waals surface area contributed by atoms with E-state index >= 15 is 0 Å². The van der Waals surface area contributed by atoms with E-state index in [0.29, 0.717) is 23.9 Å². The molecule has 47 heavy (non-hydrogen) atoms. The van der Waals surface area contributed by atoms with E-state index in [1.54, 1.807) is 18.2 Å². The fourth-order valence-corrected chi connectivity index (χ4v) is 7.40. The minimum atomic E-state index is -0.965. The molecule has 8 rings (SSSR count). The summed E-state index contributed by atoms with van der Waals surface area (Å²) >= 11 is 0. The van der Waals surface area contributed by atoms with Crippen LogP contribution >= 0.6 is 0 Å². The van der Waals surface area contributed by atoms with Gasteiger partial charge in [0.25, 0.3) is 11.8 Å². The molecule has 0 spiro atoms. The zero-order chi connectivity index (χ0) is 32.2. The maximum absolute atomic E-state index is 13.2. The molecule has 2 saturated heterocycles. The number of carbonyl (C=O) groups excluding carboxylic acids is 4. The first kappa shape index (κ1) is 29.8. The standard InChI is InChI=1S/C35H40N8O4/c1-41-12-10-22(11-13-41)38-24-5-7-29(37-18-24)28-19-42(40-32(28)21-2-3-21)25-14-20(15-25)17-36-23-4-6-26-27(16-23)35(47)43(34(26)46)30-8-9-31(44)39-33(30)45/h4-7,16,18-22,25,30,36,38H,2-3,8-15,17H2,1H3,(H,39,44,45). The van der Waals surface area contributed by atoms with Gasteiger partial charge in [0.15, 0.2) is 0 Å². The number of likely N-dealkylation sites (tertiary alicyclic amines) is 1. The van der Waals surface area contributed by atoms with Crippen molar-refractivity contribution in [2.45, 2.75) is 75.4 Å². The molecule has 5 heterocycles. The lowest BCUT2D eigenvalue weighted by molar-refractivity contribution is -0.136. The number of aromatic nitrogens is 3. The van der Waals surface area contributed by atoms with E-state index in [0.717, 1.165) is 72.8 Å². The van der Waals surface area contributed by atoms with E-state index in [4.69, 9.17) is 10.1 Å². The zero-order valence-electron chi connectivity index (χ0n) is 26.6. The second-order valence-corrected chi connectivity index (χ2v) is 13.9. The maximum atomic E-state index is 13.2. The summed E-state index contributed by atoms with van der Waals surface area (Å²) in [4.78, 5) is 58.3. The summed E-state index contributed by atoms with van der Waals surface area (Å²) in [6.07, 6.45) is 11.0. The molecule has 4 fully saturated rings. The Morgan fingerprint density at radius 3 is 2.38 bits per heavy atom. The van der Waals surface area contributed by atoms with Crippen LogP contribution in [0.1, 0.15) is 89.7 Å². The van der Waals surface area contributed by atoms with Gasteiger partial charge in [0.2, 0.25) is 11.8 Å². The monoisotopic (exact) mass is 636 g/mol. The van der Waals surface area contributed by atoms with Crippen LogP contribution in [0.5, 0.6) is 0 Å². The molecule has 0 radical (unpaired) electrons. The second-order valence-electron chi connectivity index (χ2n) is 13.9. The summed E-state index contributed by atoms with van der Waals surface area (Å²) in [5.41, 5.74) is 5.69. The first-order valence-corrected chi connectivity index (χ1v) is 16.9. The van der Waals surface area contributed by atoms with Gasteiger partial charge in [-0.25, -0.2) is 0 Å². The number of anilines is 2. The summed E-state index contributed by atoms with van der Waals surface area (Å²) in [6.45, 7) is 2.98. The minimum absolute atomic E-state index is 0.0984. The van der Waals surface area contributed by atoms with Crippen molar-refractivity contribution in [3.63, 3.8) is 0 Å². The maximum Gasteiger partial charge on any atom is 0.262 e. The number of hydrogen-bond donors (Lipinski definition) is 3. The number of rotatable bonds is 9. The molecular formula is C35H40N8O4. The van der Waals surface area contributed by atoms with Crippen molar-refractivity contribution in [3.8, 4) is 11.3 Å². The lowest BCUT2D eigenvalue weighted by Crippen LogP contribution is -2.54. The van der Waals surface area contributed by atoms with Crippen LogP contribution in [0.25, 0.3) is 11.3 Å². The average molecular weight is 637 g/mol. The highest BCUT2D eigenvalue weighted by atomic mass is 16.2. The van der Waals surface area contributed by atoms with Gasteiger partial charge in [0.1, 0.15) is 6.04 Å². The lowest BCUT2D eigenvalue weighted by atomic mass is 9.80. The summed E-state index contributed by atoms with van der Waals surface area (Å²) < 4.78 is 2.15. The van der Waals surface area contributed by atoms with Crippen LogP contribution in [0, 0.1) is 5.92 Å². The molecule has 2 aliphatic carbocycles. The highest BCUT2D eigenvalue weighted by Gasteiger charge is 2.44. The van der Waals surface area contributed by atoms with Crippen molar-refractivity contribution < 1.29 is 19.2 Å². The Bertz CT molecular complexity index is 1730. The number of piperidine rings is 2. The quantitative estimate of drug-likeness (QED) is 0.299.